The summed E-state index contributed by atoms with van der Waals surface area (Å²) in [5, 5.41) is 14.3. The van der Waals surface area contributed by atoms with Crippen LogP contribution in [0.15, 0.2) is 42.5 Å². The molecule has 1 saturated heterocycles. The van der Waals surface area contributed by atoms with Crippen molar-refractivity contribution < 1.29 is 32.6 Å². The normalized spacial score (nSPS) is 14.7. The van der Waals surface area contributed by atoms with E-state index >= 15 is 0 Å². The first-order chi connectivity index (χ1) is 19.0. The van der Waals surface area contributed by atoms with E-state index in [9.17, 15) is 27.9 Å². The molecule has 5 rings (SSSR count). The molecule has 1 fully saturated rings. The van der Waals surface area contributed by atoms with Crippen molar-refractivity contribution in [1.29, 1.82) is 0 Å². The molecule has 40 heavy (non-hydrogen) atoms. The number of methoxy groups -OCH3 is 1. The highest BCUT2D eigenvalue weighted by Gasteiger charge is 2.34. The number of alkyl halides is 3. The first-order valence-electron chi connectivity index (χ1n) is 12.8. The number of aliphatic carboxylic acids is 1. The summed E-state index contributed by atoms with van der Waals surface area (Å²) in [4.78, 5) is 32.1. The lowest BCUT2D eigenvalue weighted by Gasteiger charge is -2.29. The maximum Gasteiger partial charge on any atom is 0.416 e. The molecule has 1 amide bonds. The number of fused-ring (bicyclic) bond motifs is 1. The summed E-state index contributed by atoms with van der Waals surface area (Å²) in [6, 6.07) is 10.6. The molecule has 0 saturated carbocycles. The second-order valence-corrected chi connectivity index (χ2v) is 11.0. The zero-order valence-corrected chi connectivity index (χ0v) is 22.8. The smallest absolute Gasteiger partial charge is 0.416 e. The van der Waals surface area contributed by atoms with Crippen LogP contribution in [-0.4, -0.2) is 56.8 Å². The summed E-state index contributed by atoms with van der Waals surface area (Å²) in [7, 11) is 1.57. The van der Waals surface area contributed by atoms with Crippen LogP contribution >= 0.6 is 11.3 Å². The predicted octanol–water partition coefficient (Wildman–Crippen LogP) is 6.24. The molecule has 2 aromatic heterocycles. The summed E-state index contributed by atoms with van der Waals surface area (Å²) < 4.78 is 47.7. The van der Waals surface area contributed by atoms with Crippen LogP contribution in [-0.2, 0) is 11.0 Å². The molecule has 0 aliphatic carbocycles. The Balaban J connectivity index is 1.63. The van der Waals surface area contributed by atoms with Gasteiger partial charge in [-0.2, -0.15) is 18.3 Å². The Morgan fingerprint density at radius 1 is 1.12 bits per heavy atom. The van der Waals surface area contributed by atoms with Gasteiger partial charge in [-0.25, -0.2) is 9.67 Å². The number of ether oxygens (including phenoxy) is 1. The van der Waals surface area contributed by atoms with Crippen molar-refractivity contribution in [2.75, 3.05) is 20.2 Å². The summed E-state index contributed by atoms with van der Waals surface area (Å²) in [5.74, 6) is -1.28. The minimum atomic E-state index is -4.61. The van der Waals surface area contributed by atoms with Crippen LogP contribution in [0, 0.1) is 5.92 Å². The van der Waals surface area contributed by atoms with Crippen LogP contribution in [0.4, 0.5) is 13.2 Å². The number of benzene rings is 2. The SMILES string of the molecule is COc1cccc(-c2nc(-n3nc(C(=O)N4CCC(C(=O)O)CC4)c4cc(C(F)(F)F)ccc43)sc2C(C)C)c1. The van der Waals surface area contributed by atoms with E-state index in [4.69, 9.17) is 9.72 Å². The summed E-state index contributed by atoms with van der Waals surface area (Å²) >= 11 is 1.35. The standard InChI is InChI=1S/C28H27F3N4O4S/c1-15(2)24-22(17-5-4-6-19(13-17)39-3)32-27(40-24)35-21-8-7-18(28(29,30)31)14-20(21)23(33-35)25(36)34-11-9-16(10-12-34)26(37)38/h4-8,13-16H,9-12H2,1-3H3,(H,37,38). The summed E-state index contributed by atoms with van der Waals surface area (Å²) in [6.07, 6.45) is -4.08. The second-order valence-electron chi connectivity index (χ2n) is 9.99. The van der Waals surface area contributed by atoms with E-state index in [1.165, 1.54) is 27.0 Å². The highest BCUT2D eigenvalue weighted by Crippen LogP contribution is 2.39. The van der Waals surface area contributed by atoms with Gasteiger partial charge in [-0.15, -0.1) is 0 Å². The first kappa shape index (κ1) is 27.6. The third-order valence-electron chi connectivity index (χ3n) is 7.03. The topological polar surface area (TPSA) is 97.5 Å². The number of likely N-dealkylation sites (tertiary alicyclic amines) is 1. The number of carboxylic acids is 1. The second kappa shape index (κ2) is 10.6. The number of piperidine rings is 1. The number of halogens is 3. The van der Waals surface area contributed by atoms with Gasteiger partial charge < -0.3 is 14.7 Å². The fraction of sp³-hybridized carbons (Fsp3) is 0.357. The van der Waals surface area contributed by atoms with Crippen LogP contribution in [0.1, 0.15) is 53.5 Å². The number of hydrogen-bond donors (Lipinski definition) is 1. The molecule has 8 nitrogen and oxygen atoms in total. The van der Waals surface area contributed by atoms with Crippen molar-refractivity contribution >= 4 is 34.1 Å². The van der Waals surface area contributed by atoms with Gasteiger partial charge in [0.2, 0.25) is 5.13 Å². The zero-order chi connectivity index (χ0) is 28.8. The van der Waals surface area contributed by atoms with E-state index in [-0.39, 0.29) is 42.9 Å². The van der Waals surface area contributed by atoms with E-state index in [1.807, 2.05) is 38.1 Å². The number of carboxylic acid groups (broad SMARTS) is 1. The minimum absolute atomic E-state index is 0.0596. The van der Waals surface area contributed by atoms with E-state index < -0.39 is 29.5 Å². The number of thiazole rings is 1. The highest BCUT2D eigenvalue weighted by atomic mass is 32.1. The molecule has 12 heteroatoms. The van der Waals surface area contributed by atoms with Gasteiger partial charge in [0.25, 0.3) is 5.91 Å². The maximum atomic E-state index is 13.6. The van der Waals surface area contributed by atoms with E-state index in [2.05, 4.69) is 5.10 Å². The lowest BCUT2D eigenvalue weighted by Crippen LogP contribution is -2.40. The molecule has 2 aromatic carbocycles. The maximum absolute atomic E-state index is 13.6. The largest absolute Gasteiger partial charge is 0.497 e. The van der Waals surface area contributed by atoms with Crippen LogP contribution in [0.2, 0.25) is 0 Å². The molecular weight excluding hydrogens is 545 g/mol. The molecule has 0 unspecified atom stereocenters. The van der Waals surface area contributed by atoms with Crippen LogP contribution in [0.25, 0.3) is 27.3 Å². The molecule has 0 bridgehead atoms. The number of carbonyl (C=O) groups excluding carboxylic acids is 1. The van der Waals surface area contributed by atoms with Crippen molar-refractivity contribution in [3.8, 4) is 22.1 Å². The van der Waals surface area contributed by atoms with Crippen molar-refractivity contribution in [2.45, 2.75) is 38.8 Å². The molecule has 1 N–H and O–H groups in total. The van der Waals surface area contributed by atoms with Gasteiger partial charge in [0.15, 0.2) is 5.69 Å². The summed E-state index contributed by atoms with van der Waals surface area (Å²) in [6.45, 7) is 4.40. The average molecular weight is 573 g/mol. The van der Waals surface area contributed by atoms with E-state index in [1.54, 1.807) is 7.11 Å². The Bertz CT molecular complexity index is 1590. The number of rotatable bonds is 6. The van der Waals surface area contributed by atoms with Gasteiger partial charge in [0.05, 0.1) is 29.8 Å². The van der Waals surface area contributed by atoms with Gasteiger partial charge in [-0.3, -0.25) is 9.59 Å². The van der Waals surface area contributed by atoms with Crippen molar-refractivity contribution in [1.82, 2.24) is 19.7 Å². The Morgan fingerprint density at radius 3 is 2.48 bits per heavy atom. The molecule has 0 radical (unpaired) electrons. The number of hydrogen-bond acceptors (Lipinski definition) is 6. The molecule has 1 aliphatic rings. The van der Waals surface area contributed by atoms with Gasteiger partial charge >= 0.3 is 12.1 Å². The van der Waals surface area contributed by atoms with Gasteiger partial charge in [-0.05, 0) is 49.1 Å². The number of nitrogens with zero attached hydrogens (tertiary/aromatic N) is 4. The third kappa shape index (κ3) is 5.15. The fourth-order valence-electron chi connectivity index (χ4n) is 4.86. The lowest BCUT2D eigenvalue weighted by molar-refractivity contribution is -0.143. The first-order valence-corrected chi connectivity index (χ1v) is 13.6. The van der Waals surface area contributed by atoms with Gasteiger partial charge in [0.1, 0.15) is 5.75 Å². The number of carbonyl (C=O) groups is 2. The van der Waals surface area contributed by atoms with Crippen molar-refractivity contribution in [3.63, 3.8) is 0 Å². The number of amides is 1. The van der Waals surface area contributed by atoms with Crippen molar-refractivity contribution in [2.24, 2.45) is 5.92 Å². The molecule has 3 heterocycles. The lowest BCUT2D eigenvalue weighted by atomic mass is 9.97. The highest BCUT2D eigenvalue weighted by molar-refractivity contribution is 7.14. The minimum Gasteiger partial charge on any atom is -0.497 e. The predicted molar refractivity (Wildman–Crippen MR) is 144 cm³/mol. The van der Waals surface area contributed by atoms with Crippen LogP contribution in [0.3, 0.4) is 0 Å². The zero-order valence-electron chi connectivity index (χ0n) is 22.0. The van der Waals surface area contributed by atoms with Gasteiger partial charge in [-0.1, -0.05) is 37.3 Å². The fourth-order valence-corrected chi connectivity index (χ4v) is 5.91. The van der Waals surface area contributed by atoms with E-state index in [0.29, 0.717) is 22.1 Å². The molecule has 4 aromatic rings. The molecule has 0 atom stereocenters. The third-order valence-corrected chi connectivity index (χ3v) is 8.36. The van der Waals surface area contributed by atoms with E-state index in [0.717, 1.165) is 22.6 Å². The summed E-state index contributed by atoms with van der Waals surface area (Å²) in [5.41, 5.74) is 0.821. The molecular formula is C28H27F3N4O4S. The Morgan fingerprint density at radius 2 is 1.85 bits per heavy atom. The van der Waals surface area contributed by atoms with Crippen molar-refractivity contribution in [3.05, 3.63) is 58.6 Å². The Hall–Kier alpha value is -3.93. The van der Waals surface area contributed by atoms with Gasteiger partial charge in [0, 0.05) is 28.9 Å². The number of aromatic nitrogens is 3. The molecule has 210 valence electrons. The quantitative estimate of drug-likeness (QED) is 0.294. The molecule has 0 spiro atoms. The Kier molecular flexibility index (Phi) is 7.30. The van der Waals surface area contributed by atoms with Crippen LogP contribution in [0.5, 0.6) is 5.75 Å². The Labute approximate surface area is 232 Å². The monoisotopic (exact) mass is 572 g/mol. The van der Waals surface area contributed by atoms with Crippen LogP contribution < -0.4 is 4.74 Å². The molecule has 1 aliphatic heterocycles. The average Bonchev–Trinajstić information content (AvgIpc) is 3.54.